The Kier molecular flexibility index (Phi) is 3.22. The lowest BCUT2D eigenvalue weighted by atomic mass is 10.1. The fourth-order valence-electron chi connectivity index (χ4n) is 1.74. The van der Waals surface area contributed by atoms with Gasteiger partial charge in [0.25, 0.3) is 5.69 Å². The number of anilines is 1. The van der Waals surface area contributed by atoms with Crippen LogP contribution in [0.1, 0.15) is 19.3 Å². The summed E-state index contributed by atoms with van der Waals surface area (Å²) >= 11 is 0. The van der Waals surface area contributed by atoms with Crippen LogP contribution >= 0.6 is 0 Å². The second-order valence-corrected chi connectivity index (χ2v) is 3.92. The van der Waals surface area contributed by atoms with Gasteiger partial charge in [0.05, 0.1) is 10.6 Å². The molecule has 0 aliphatic carbocycles. The van der Waals surface area contributed by atoms with Crippen LogP contribution < -0.4 is 5.43 Å². The van der Waals surface area contributed by atoms with E-state index in [4.69, 9.17) is 0 Å². The van der Waals surface area contributed by atoms with E-state index in [9.17, 15) is 14.9 Å². The van der Waals surface area contributed by atoms with E-state index in [-0.39, 0.29) is 11.6 Å². The van der Waals surface area contributed by atoms with Crippen LogP contribution in [0.4, 0.5) is 11.4 Å². The second-order valence-electron chi connectivity index (χ2n) is 3.92. The lowest BCUT2D eigenvalue weighted by molar-refractivity contribution is -0.384. The molecule has 1 aliphatic heterocycles. The summed E-state index contributed by atoms with van der Waals surface area (Å²) in [7, 11) is 0. The van der Waals surface area contributed by atoms with Gasteiger partial charge in [0.2, 0.25) is 5.91 Å². The molecule has 1 fully saturated rings. The Balaban J connectivity index is 2.03. The van der Waals surface area contributed by atoms with E-state index < -0.39 is 4.92 Å². The third-order valence-corrected chi connectivity index (χ3v) is 2.67. The molecule has 1 amide bonds. The van der Waals surface area contributed by atoms with Crippen LogP contribution in [0, 0.1) is 10.1 Å². The number of piperidine rings is 1. The number of nitro benzene ring substituents is 1. The number of nitrogens with zero attached hydrogens (tertiary/aromatic N) is 2. The maximum absolute atomic E-state index is 11.5. The summed E-state index contributed by atoms with van der Waals surface area (Å²) in [6, 6.07) is 6.02. The van der Waals surface area contributed by atoms with Gasteiger partial charge in [-0.1, -0.05) is 0 Å². The van der Waals surface area contributed by atoms with Crippen molar-refractivity contribution in [3.8, 4) is 0 Å². The monoisotopic (exact) mass is 235 g/mol. The lowest BCUT2D eigenvalue weighted by Gasteiger charge is -2.27. The summed E-state index contributed by atoms with van der Waals surface area (Å²) in [6.07, 6.45) is 2.46. The first-order valence-corrected chi connectivity index (χ1v) is 5.48. The molecule has 0 atom stereocenters. The zero-order chi connectivity index (χ0) is 12.3. The first-order valence-electron chi connectivity index (χ1n) is 5.48. The quantitative estimate of drug-likeness (QED) is 0.641. The molecular weight excluding hydrogens is 222 g/mol. The van der Waals surface area contributed by atoms with Gasteiger partial charge < -0.3 is 0 Å². The minimum absolute atomic E-state index is 0.0421. The number of hydrogen-bond donors (Lipinski definition) is 1. The minimum atomic E-state index is -0.449. The number of benzene rings is 1. The SMILES string of the molecule is O=C1CCCCN1Nc1ccc([N+](=O)[O-])cc1. The van der Waals surface area contributed by atoms with Crippen molar-refractivity contribution < 1.29 is 9.72 Å². The van der Waals surface area contributed by atoms with Crippen molar-refractivity contribution in [2.45, 2.75) is 19.3 Å². The van der Waals surface area contributed by atoms with Gasteiger partial charge >= 0.3 is 0 Å². The molecule has 2 rings (SSSR count). The van der Waals surface area contributed by atoms with Crippen molar-refractivity contribution >= 4 is 17.3 Å². The Morgan fingerprint density at radius 2 is 1.94 bits per heavy atom. The highest BCUT2D eigenvalue weighted by atomic mass is 16.6. The summed E-state index contributed by atoms with van der Waals surface area (Å²) in [6.45, 7) is 0.676. The van der Waals surface area contributed by atoms with Crippen molar-refractivity contribution in [3.63, 3.8) is 0 Å². The van der Waals surface area contributed by atoms with Crippen LogP contribution in [0.3, 0.4) is 0 Å². The summed E-state index contributed by atoms with van der Waals surface area (Å²) in [5.74, 6) is 0.0644. The molecule has 0 bridgehead atoms. The van der Waals surface area contributed by atoms with Gasteiger partial charge in [-0.05, 0) is 25.0 Å². The molecule has 1 aliphatic rings. The molecule has 6 heteroatoms. The van der Waals surface area contributed by atoms with E-state index in [1.54, 1.807) is 17.1 Å². The number of non-ortho nitro benzene ring substituents is 1. The smallest absolute Gasteiger partial charge is 0.269 e. The molecule has 0 aromatic heterocycles. The Labute approximate surface area is 98.3 Å². The van der Waals surface area contributed by atoms with Crippen LogP contribution in [0.25, 0.3) is 0 Å². The van der Waals surface area contributed by atoms with Crippen LogP contribution in [0.15, 0.2) is 24.3 Å². The maximum Gasteiger partial charge on any atom is 0.269 e. The van der Waals surface area contributed by atoms with Gasteiger partial charge in [-0.2, -0.15) is 0 Å². The molecule has 0 unspecified atom stereocenters. The third kappa shape index (κ3) is 2.72. The zero-order valence-electron chi connectivity index (χ0n) is 9.26. The van der Waals surface area contributed by atoms with E-state index in [1.807, 2.05) is 0 Å². The molecule has 17 heavy (non-hydrogen) atoms. The van der Waals surface area contributed by atoms with Gasteiger partial charge in [-0.3, -0.25) is 25.3 Å². The summed E-state index contributed by atoms with van der Waals surface area (Å²) < 4.78 is 0. The zero-order valence-corrected chi connectivity index (χ0v) is 9.26. The van der Waals surface area contributed by atoms with E-state index in [0.29, 0.717) is 18.7 Å². The van der Waals surface area contributed by atoms with Gasteiger partial charge in [0.1, 0.15) is 0 Å². The van der Waals surface area contributed by atoms with Crippen molar-refractivity contribution in [1.29, 1.82) is 0 Å². The molecule has 6 nitrogen and oxygen atoms in total. The molecule has 1 aromatic carbocycles. The van der Waals surface area contributed by atoms with Gasteiger partial charge in [-0.25, -0.2) is 0 Å². The number of carbonyl (C=O) groups excluding carboxylic acids is 1. The number of amides is 1. The molecule has 90 valence electrons. The minimum Gasteiger partial charge on any atom is -0.296 e. The molecule has 1 N–H and O–H groups in total. The largest absolute Gasteiger partial charge is 0.296 e. The first kappa shape index (κ1) is 11.4. The third-order valence-electron chi connectivity index (χ3n) is 2.67. The van der Waals surface area contributed by atoms with Gasteiger partial charge in [0.15, 0.2) is 0 Å². The van der Waals surface area contributed by atoms with E-state index in [1.165, 1.54) is 12.1 Å². The van der Waals surface area contributed by atoms with E-state index in [2.05, 4.69) is 5.43 Å². The Hall–Kier alpha value is -2.11. The predicted molar refractivity (Wildman–Crippen MR) is 62.3 cm³/mol. The molecule has 1 saturated heterocycles. The maximum atomic E-state index is 11.5. The molecule has 0 spiro atoms. The summed E-state index contributed by atoms with van der Waals surface area (Å²) in [5.41, 5.74) is 3.69. The summed E-state index contributed by atoms with van der Waals surface area (Å²) in [4.78, 5) is 21.6. The van der Waals surface area contributed by atoms with Crippen LogP contribution in [-0.4, -0.2) is 22.4 Å². The lowest BCUT2D eigenvalue weighted by Crippen LogP contribution is -2.39. The number of rotatable bonds is 3. The van der Waals surface area contributed by atoms with E-state index in [0.717, 1.165) is 12.8 Å². The number of carbonyl (C=O) groups is 1. The second kappa shape index (κ2) is 4.82. The number of hydrazine groups is 1. The number of nitro groups is 1. The average molecular weight is 235 g/mol. The first-order chi connectivity index (χ1) is 8.16. The highest BCUT2D eigenvalue weighted by molar-refractivity contribution is 5.78. The normalized spacial score (nSPS) is 15.8. The van der Waals surface area contributed by atoms with Crippen molar-refractivity contribution in [2.24, 2.45) is 0 Å². The average Bonchev–Trinajstić information content (AvgIpc) is 2.33. The molecule has 1 heterocycles. The Bertz CT molecular complexity index is 430. The number of hydrogen-bond acceptors (Lipinski definition) is 4. The Morgan fingerprint density at radius 1 is 1.24 bits per heavy atom. The van der Waals surface area contributed by atoms with Crippen LogP contribution in [0.5, 0.6) is 0 Å². The standard InChI is InChI=1S/C11H13N3O3/c15-11-3-1-2-8-13(11)12-9-4-6-10(7-5-9)14(16)17/h4-7,12H,1-3,8H2. The van der Waals surface area contributed by atoms with Crippen LogP contribution in [0.2, 0.25) is 0 Å². The fraction of sp³-hybridized carbons (Fsp3) is 0.364. The van der Waals surface area contributed by atoms with Crippen molar-refractivity contribution in [2.75, 3.05) is 12.0 Å². The van der Waals surface area contributed by atoms with Gasteiger partial charge in [-0.15, -0.1) is 0 Å². The van der Waals surface area contributed by atoms with Crippen molar-refractivity contribution in [3.05, 3.63) is 34.4 Å². The topological polar surface area (TPSA) is 75.5 Å². The molecule has 0 saturated carbocycles. The van der Waals surface area contributed by atoms with Crippen molar-refractivity contribution in [1.82, 2.24) is 5.01 Å². The molecule has 0 radical (unpaired) electrons. The fourth-order valence-corrected chi connectivity index (χ4v) is 1.74. The summed E-state index contributed by atoms with van der Waals surface area (Å²) in [5, 5.41) is 12.0. The molecular formula is C11H13N3O3. The van der Waals surface area contributed by atoms with Gasteiger partial charge in [0, 0.05) is 25.1 Å². The van der Waals surface area contributed by atoms with Crippen LogP contribution in [-0.2, 0) is 4.79 Å². The number of nitrogens with one attached hydrogen (secondary N) is 1. The van der Waals surface area contributed by atoms with E-state index >= 15 is 0 Å². The predicted octanol–water partition coefficient (Wildman–Crippen LogP) is 1.93. The Morgan fingerprint density at radius 3 is 2.53 bits per heavy atom. The highest BCUT2D eigenvalue weighted by Crippen LogP contribution is 2.18. The molecule has 1 aromatic rings. The highest BCUT2D eigenvalue weighted by Gasteiger charge is 2.17.